The van der Waals surface area contributed by atoms with Crippen molar-refractivity contribution in [3.8, 4) is 22.3 Å². The molecule has 2 radical (unpaired) electrons. The first kappa shape index (κ1) is 49.9. The number of aromatic nitrogens is 2. The Labute approximate surface area is 414 Å². The predicted octanol–water partition coefficient (Wildman–Crippen LogP) is 10.2. The number of carbonyl (C=O) groups excluding carboxylic acids is 3. The van der Waals surface area contributed by atoms with Gasteiger partial charge in [-0.15, -0.1) is 0 Å². The number of para-hydroxylation sites is 2. The predicted molar refractivity (Wildman–Crippen MR) is 218 cm³/mol. The van der Waals surface area contributed by atoms with E-state index in [0.29, 0.717) is 5.69 Å². The molecule has 0 amide bonds. The summed E-state index contributed by atoms with van der Waals surface area (Å²) in [7, 11) is 2.47. The van der Waals surface area contributed by atoms with Gasteiger partial charge in [-0.25, -0.2) is 13.6 Å². The fourth-order valence-electron chi connectivity index (χ4n) is 7.00. The molecule has 2 N–H and O–H groups in total. The van der Waals surface area contributed by atoms with Crippen molar-refractivity contribution in [2.75, 3.05) is 14.2 Å². The van der Waals surface area contributed by atoms with E-state index in [1.54, 1.807) is 30.3 Å². The number of hydrogen-bond acceptors (Lipinski definition) is 7. The van der Waals surface area contributed by atoms with Crippen LogP contribution in [-0.4, -0.2) is 51.3 Å². The Hall–Kier alpha value is -3.45. The van der Waals surface area contributed by atoms with Crippen molar-refractivity contribution < 1.29 is 131 Å². The molecule has 0 bridgehead atoms. The third-order valence-corrected chi connectivity index (χ3v) is 9.37. The van der Waals surface area contributed by atoms with Crippen LogP contribution in [0.2, 0.25) is 0 Å². The van der Waals surface area contributed by atoms with Crippen molar-refractivity contribution in [1.82, 2.24) is 9.13 Å². The standard InChI is InChI=1S/C23H24FNO4.C23H22FNO3.2Ac/c1-14(2)25-19-7-5-4-6-18(19)22(15-8-10-16(24)11-9-15)23(25)20(27)12-17(26)13-21(28)29-3;1-15(2)25-20-7-5-4-6-19(20)23(16-8-10-17(24)11-9-16)21(25)13-12-18(26)14-22(27)28-3;;/h4-11,13-14,20,26-27H,12H2,1-3H3;4-13,15H,14H2,1-3H3;;/b17-13-;13-12+;;. The second kappa shape index (κ2) is 23.0. The van der Waals surface area contributed by atoms with Crippen molar-refractivity contribution in [3.05, 3.63) is 138 Å². The van der Waals surface area contributed by atoms with Crippen LogP contribution in [0.1, 0.15) is 70.1 Å². The maximum absolute atomic E-state index is 13.5. The van der Waals surface area contributed by atoms with Crippen LogP contribution in [0.25, 0.3) is 50.1 Å². The second-order valence-corrected chi connectivity index (χ2v) is 13.9. The van der Waals surface area contributed by atoms with Crippen LogP contribution in [-0.2, 0) is 23.9 Å². The molecule has 1 atom stereocenters. The zero-order valence-electron chi connectivity index (χ0n) is 33.9. The maximum atomic E-state index is 13.5. The number of methoxy groups -OCH3 is 2. The average Bonchev–Trinajstić information content (AvgIpc) is 3.71. The molecule has 59 heavy (non-hydrogen) atoms. The van der Waals surface area contributed by atoms with Gasteiger partial charge in [0.25, 0.3) is 0 Å². The van der Waals surface area contributed by atoms with Crippen LogP contribution >= 0.6 is 0 Å². The Morgan fingerprint density at radius 2 is 1.17 bits per heavy atom. The van der Waals surface area contributed by atoms with Crippen LogP contribution in [0.15, 0.2) is 115 Å². The Morgan fingerprint density at radius 3 is 1.66 bits per heavy atom. The van der Waals surface area contributed by atoms with Crippen LogP contribution in [0.5, 0.6) is 0 Å². The van der Waals surface area contributed by atoms with E-state index in [4.69, 9.17) is 0 Å². The Kier molecular flexibility index (Phi) is 19.4. The number of rotatable bonds is 12. The molecule has 0 aliphatic rings. The summed E-state index contributed by atoms with van der Waals surface area (Å²) in [5.41, 5.74) is 6.69. The van der Waals surface area contributed by atoms with Gasteiger partial charge in [0.2, 0.25) is 0 Å². The van der Waals surface area contributed by atoms with Crippen molar-refractivity contribution in [3.63, 3.8) is 0 Å². The molecule has 0 saturated carbocycles. The molecule has 0 saturated heterocycles. The van der Waals surface area contributed by atoms with Crippen molar-refractivity contribution >= 4 is 45.6 Å². The number of ether oxygens (including phenoxy) is 2. The molecule has 1 unspecified atom stereocenters. The van der Waals surface area contributed by atoms with Gasteiger partial charge < -0.3 is 28.8 Å². The molecule has 0 spiro atoms. The van der Waals surface area contributed by atoms with Gasteiger partial charge in [0.15, 0.2) is 5.78 Å². The maximum Gasteiger partial charge on any atom is 0.333 e. The minimum absolute atomic E-state index is 0. The zero-order valence-corrected chi connectivity index (χ0v) is 43.3. The number of allylic oxidation sites excluding steroid dienone is 1. The average molecular weight is 1230 g/mol. The summed E-state index contributed by atoms with van der Waals surface area (Å²) in [5.74, 6) is -2.54. The van der Waals surface area contributed by atoms with E-state index in [1.807, 2.05) is 66.9 Å². The van der Waals surface area contributed by atoms with Gasteiger partial charge in [-0.3, -0.25) is 9.59 Å². The van der Waals surface area contributed by atoms with Gasteiger partial charge in [0.1, 0.15) is 29.9 Å². The van der Waals surface area contributed by atoms with Crippen molar-refractivity contribution in [1.29, 1.82) is 0 Å². The van der Waals surface area contributed by atoms with Gasteiger partial charge in [-0.2, -0.15) is 0 Å². The number of benzene rings is 4. The smallest absolute Gasteiger partial charge is 0.333 e. The Balaban J connectivity index is 0.000000305. The number of halogens is 2. The van der Waals surface area contributed by atoms with E-state index in [-0.39, 0.29) is 136 Å². The van der Waals surface area contributed by atoms with E-state index in [1.165, 1.54) is 44.6 Å². The summed E-state index contributed by atoms with van der Waals surface area (Å²) in [5, 5.41) is 23.1. The summed E-state index contributed by atoms with van der Waals surface area (Å²) >= 11 is 0. The van der Waals surface area contributed by atoms with Crippen LogP contribution in [0.4, 0.5) is 8.78 Å². The molecule has 6 rings (SSSR count). The molecule has 0 aliphatic heterocycles. The van der Waals surface area contributed by atoms with E-state index in [2.05, 4.69) is 27.9 Å². The minimum atomic E-state index is -1.09. The number of carbonyl (C=O) groups is 3. The van der Waals surface area contributed by atoms with E-state index < -0.39 is 18.0 Å². The molecule has 0 aliphatic carbocycles. The minimum Gasteiger partial charge on any atom is -0.512 e. The first-order chi connectivity index (χ1) is 27.2. The number of esters is 2. The third-order valence-electron chi connectivity index (χ3n) is 9.37. The molecule has 9 nitrogen and oxygen atoms in total. The number of ketones is 1. The molecular formula is C46H46Ac2F2N2O7. The van der Waals surface area contributed by atoms with Gasteiger partial charge in [0, 0.05) is 140 Å². The molecule has 4 aromatic carbocycles. The summed E-state index contributed by atoms with van der Waals surface area (Å²) in [6.45, 7) is 8.13. The quantitative estimate of drug-likeness (QED) is 0.0542. The first-order valence-electron chi connectivity index (χ1n) is 18.5. The normalized spacial score (nSPS) is 11.9. The summed E-state index contributed by atoms with van der Waals surface area (Å²) in [6.07, 6.45) is 2.52. The van der Waals surface area contributed by atoms with Gasteiger partial charge in [-0.05, 0) is 87.4 Å². The van der Waals surface area contributed by atoms with Crippen molar-refractivity contribution in [2.24, 2.45) is 0 Å². The molecule has 0 fully saturated rings. The van der Waals surface area contributed by atoms with Crippen LogP contribution in [0.3, 0.4) is 0 Å². The van der Waals surface area contributed by atoms with Crippen molar-refractivity contribution in [2.45, 2.75) is 58.7 Å². The third kappa shape index (κ3) is 12.1. The number of nitrogens with zero attached hydrogens (tertiary/aromatic N) is 2. The zero-order chi connectivity index (χ0) is 41.4. The molecule has 2 heterocycles. The fourth-order valence-corrected chi connectivity index (χ4v) is 7.00. The Morgan fingerprint density at radius 1 is 0.695 bits per heavy atom. The van der Waals surface area contributed by atoms with Crippen LogP contribution in [0, 0.1) is 99.8 Å². The fraction of sp³-hybridized carbons (Fsp3) is 0.239. The number of aliphatic hydroxyl groups excluding tert-OH is 2. The van der Waals surface area contributed by atoms with Gasteiger partial charge in [0.05, 0.1) is 31.7 Å². The van der Waals surface area contributed by atoms with E-state index in [9.17, 15) is 33.4 Å². The van der Waals surface area contributed by atoms with Crippen LogP contribution < -0.4 is 0 Å². The van der Waals surface area contributed by atoms with Gasteiger partial charge in [-0.1, -0.05) is 60.7 Å². The summed E-state index contributed by atoms with van der Waals surface area (Å²) < 4.78 is 40.2. The molecule has 2 aromatic heterocycles. The number of fused-ring (bicyclic) bond motifs is 2. The second-order valence-electron chi connectivity index (χ2n) is 13.9. The van der Waals surface area contributed by atoms with E-state index in [0.717, 1.165) is 55.8 Å². The summed E-state index contributed by atoms with van der Waals surface area (Å²) in [6, 6.07) is 28.2. The number of hydrogen-bond donors (Lipinski definition) is 2. The summed E-state index contributed by atoms with van der Waals surface area (Å²) in [4.78, 5) is 34.9. The van der Waals surface area contributed by atoms with Gasteiger partial charge >= 0.3 is 11.9 Å². The largest absolute Gasteiger partial charge is 0.512 e. The topological polar surface area (TPSA) is 120 Å². The SMILES string of the molecule is COC(=O)/C=C(\O)CC(O)c1c(-c2ccc(F)cc2)c2ccccc2n1C(C)C.COC(=O)CC(=O)/C=C/c1c(-c2ccc(F)cc2)c2ccccc2n1C(C)C.[Ac].[Ac]. The molecule has 13 heteroatoms. The number of aliphatic hydroxyl groups is 2. The molecule has 302 valence electrons. The molecular weight excluding hydrogens is 1180 g/mol. The monoisotopic (exact) mass is 1230 g/mol. The first-order valence-corrected chi connectivity index (χ1v) is 18.5. The Bertz CT molecular complexity index is 2450. The van der Waals surface area contributed by atoms with E-state index >= 15 is 0 Å². The molecule has 6 aromatic rings.